The van der Waals surface area contributed by atoms with Crippen LogP contribution in [0.2, 0.25) is 0 Å². The molecule has 12 heteroatoms. The Bertz CT molecular complexity index is 1180. The highest BCUT2D eigenvalue weighted by atomic mass is 31.2. The third-order valence-electron chi connectivity index (χ3n) is 8.85. The molecule has 0 bridgehead atoms. The van der Waals surface area contributed by atoms with Crippen LogP contribution in [0.5, 0.6) is 0 Å². The third-order valence-corrected chi connectivity index (χ3v) is 9.80. The van der Waals surface area contributed by atoms with Crippen LogP contribution in [-0.2, 0) is 37.5 Å². The van der Waals surface area contributed by atoms with Crippen molar-refractivity contribution in [3.05, 3.63) is 60.8 Å². The van der Waals surface area contributed by atoms with Gasteiger partial charge >= 0.3 is 25.7 Å². The average molecular weight is 810 g/mol. The first-order valence-electron chi connectivity index (χ1n) is 21.4. The molecule has 0 heterocycles. The summed E-state index contributed by atoms with van der Waals surface area (Å²) in [5.41, 5.74) is 5.32. The smallest absolute Gasteiger partial charge is 0.472 e. The molecule has 0 fully saturated rings. The fourth-order valence-corrected chi connectivity index (χ4v) is 6.24. The molecule has 0 aliphatic rings. The van der Waals surface area contributed by atoms with Gasteiger partial charge in [0.05, 0.1) is 13.2 Å². The zero-order valence-electron chi connectivity index (χ0n) is 34.7. The highest BCUT2D eigenvalue weighted by Crippen LogP contribution is 2.43. The summed E-state index contributed by atoms with van der Waals surface area (Å²) in [7, 11) is -4.75. The quantitative estimate of drug-likeness (QED) is 0.0135. The van der Waals surface area contributed by atoms with Crippen LogP contribution in [0.3, 0.4) is 0 Å². The Labute approximate surface area is 338 Å². The first kappa shape index (κ1) is 53.2. The second kappa shape index (κ2) is 39.0. The molecule has 0 saturated heterocycles. The lowest BCUT2D eigenvalue weighted by molar-refractivity contribution is -0.157. The Morgan fingerprint density at radius 1 is 0.607 bits per heavy atom. The second-order valence-electron chi connectivity index (χ2n) is 14.2. The minimum atomic E-state index is -4.75. The summed E-state index contributed by atoms with van der Waals surface area (Å²) in [5.74, 6) is -2.71. The highest BCUT2D eigenvalue weighted by Gasteiger charge is 2.27. The first-order valence-corrected chi connectivity index (χ1v) is 22.9. The van der Waals surface area contributed by atoms with Gasteiger partial charge in [-0.2, -0.15) is 0 Å². The van der Waals surface area contributed by atoms with Crippen LogP contribution in [0.1, 0.15) is 168 Å². The van der Waals surface area contributed by atoms with E-state index in [1.54, 1.807) is 6.08 Å². The van der Waals surface area contributed by atoms with E-state index in [4.69, 9.17) is 24.8 Å². The summed E-state index contributed by atoms with van der Waals surface area (Å²) >= 11 is 0. The molecule has 3 atom stereocenters. The van der Waals surface area contributed by atoms with Gasteiger partial charge in [-0.1, -0.05) is 165 Å². The van der Waals surface area contributed by atoms with Crippen LogP contribution in [0.15, 0.2) is 60.8 Å². The van der Waals surface area contributed by atoms with E-state index >= 15 is 0 Å². The van der Waals surface area contributed by atoms with Gasteiger partial charge in [-0.25, -0.2) is 9.36 Å². The van der Waals surface area contributed by atoms with Crippen molar-refractivity contribution in [2.24, 2.45) is 5.73 Å². The van der Waals surface area contributed by atoms with Gasteiger partial charge in [0.2, 0.25) is 0 Å². The van der Waals surface area contributed by atoms with E-state index < -0.39 is 57.7 Å². The molecule has 0 rings (SSSR count). The number of carbonyl (C=O) groups excluding carboxylic acids is 2. The normalized spacial score (nSPS) is 14.4. The van der Waals surface area contributed by atoms with Crippen molar-refractivity contribution in [2.75, 3.05) is 19.8 Å². The van der Waals surface area contributed by atoms with Gasteiger partial charge < -0.3 is 25.2 Å². The number of allylic oxidation sites excluding steroid dienone is 9. The van der Waals surface area contributed by atoms with E-state index in [1.165, 1.54) is 115 Å². The molecule has 0 aromatic heterocycles. The van der Waals surface area contributed by atoms with Crippen molar-refractivity contribution in [3.63, 3.8) is 0 Å². The number of phosphoric ester groups is 1. The zero-order valence-corrected chi connectivity index (χ0v) is 35.6. The number of ether oxygens (including phenoxy) is 2. The largest absolute Gasteiger partial charge is 0.480 e. The predicted octanol–water partition coefficient (Wildman–Crippen LogP) is 11.2. The standard InChI is InChI=1S/C44H76NO10P/c1-3-5-7-9-11-13-15-17-19-20-22-23-25-27-29-31-33-35-42(46)52-37-40(38-53-56(50,51)54-39-41(45)44(48)49)55-43(47)36-34-32-30-28-26-24-21-18-16-14-12-10-8-6-4-2/h17,19,22-23,27,29-30,32,34,36,40-41H,3-16,18,20-21,24-26,28,31,33,35,37-39,45H2,1-2H3,(H,48,49)(H,50,51)/b19-17+,23-22+,29-27+,32-30+,36-34+/t40-,41+/m1/s1. The number of hydrogen-bond acceptors (Lipinski definition) is 9. The van der Waals surface area contributed by atoms with Crippen molar-refractivity contribution in [1.29, 1.82) is 0 Å². The van der Waals surface area contributed by atoms with Crippen LogP contribution >= 0.6 is 7.82 Å². The van der Waals surface area contributed by atoms with Crippen LogP contribution in [-0.4, -0.2) is 59.9 Å². The van der Waals surface area contributed by atoms with E-state index in [0.717, 1.165) is 32.1 Å². The van der Waals surface area contributed by atoms with Gasteiger partial charge in [0.1, 0.15) is 12.6 Å². The molecule has 4 N–H and O–H groups in total. The van der Waals surface area contributed by atoms with Gasteiger partial charge in [-0.05, 0) is 51.4 Å². The number of hydrogen-bond donors (Lipinski definition) is 3. The Hall–Kier alpha value is -2.82. The van der Waals surface area contributed by atoms with Gasteiger partial charge in [0, 0.05) is 12.5 Å². The molecule has 0 saturated carbocycles. The van der Waals surface area contributed by atoms with E-state index in [-0.39, 0.29) is 6.42 Å². The minimum absolute atomic E-state index is 0.129. The number of carbonyl (C=O) groups is 3. The number of carboxylic acid groups (broad SMARTS) is 1. The van der Waals surface area contributed by atoms with Gasteiger partial charge in [-0.3, -0.25) is 18.6 Å². The van der Waals surface area contributed by atoms with Crippen molar-refractivity contribution in [1.82, 2.24) is 0 Å². The van der Waals surface area contributed by atoms with Crippen molar-refractivity contribution >= 4 is 25.7 Å². The molecule has 0 aromatic carbocycles. The molecular weight excluding hydrogens is 733 g/mol. The van der Waals surface area contributed by atoms with Gasteiger partial charge in [-0.15, -0.1) is 0 Å². The number of phosphoric acid groups is 1. The molecule has 1 unspecified atom stereocenters. The molecule has 0 aliphatic heterocycles. The lowest BCUT2D eigenvalue weighted by Gasteiger charge is -2.19. The number of carboxylic acids is 1. The number of esters is 2. The summed E-state index contributed by atoms with van der Waals surface area (Å²) < 4.78 is 32.4. The molecule has 0 aliphatic carbocycles. The zero-order chi connectivity index (χ0) is 41.4. The summed E-state index contributed by atoms with van der Waals surface area (Å²) in [4.78, 5) is 45.7. The maximum absolute atomic E-state index is 12.5. The molecule has 0 spiro atoms. The van der Waals surface area contributed by atoms with Crippen molar-refractivity contribution < 1.29 is 47.5 Å². The molecule has 11 nitrogen and oxygen atoms in total. The predicted molar refractivity (Wildman–Crippen MR) is 226 cm³/mol. The maximum atomic E-state index is 12.5. The van der Waals surface area contributed by atoms with E-state index in [9.17, 15) is 23.8 Å². The Kier molecular flexibility index (Phi) is 37.1. The van der Waals surface area contributed by atoms with Crippen LogP contribution in [0, 0.1) is 0 Å². The Balaban J connectivity index is 4.57. The van der Waals surface area contributed by atoms with E-state index in [1.807, 2.05) is 12.2 Å². The highest BCUT2D eigenvalue weighted by molar-refractivity contribution is 7.47. The van der Waals surface area contributed by atoms with E-state index in [2.05, 4.69) is 48.8 Å². The van der Waals surface area contributed by atoms with Crippen molar-refractivity contribution in [2.45, 2.75) is 180 Å². The monoisotopic (exact) mass is 810 g/mol. The fraction of sp³-hybridized carbons (Fsp3) is 0.705. The number of rotatable bonds is 39. The van der Waals surface area contributed by atoms with Crippen LogP contribution < -0.4 is 5.73 Å². The lowest BCUT2D eigenvalue weighted by Crippen LogP contribution is -2.34. The van der Waals surface area contributed by atoms with Gasteiger partial charge in [0.25, 0.3) is 0 Å². The maximum Gasteiger partial charge on any atom is 0.472 e. The lowest BCUT2D eigenvalue weighted by atomic mass is 10.1. The molecule has 0 amide bonds. The molecular formula is C44H76NO10P. The van der Waals surface area contributed by atoms with Crippen molar-refractivity contribution in [3.8, 4) is 0 Å². The van der Waals surface area contributed by atoms with Crippen LogP contribution in [0.4, 0.5) is 0 Å². The Morgan fingerprint density at radius 2 is 1.07 bits per heavy atom. The van der Waals surface area contributed by atoms with Crippen LogP contribution in [0.25, 0.3) is 0 Å². The number of nitrogens with two attached hydrogens (primary N) is 1. The average Bonchev–Trinajstić information content (AvgIpc) is 3.17. The second-order valence-corrected chi connectivity index (χ2v) is 15.6. The van der Waals surface area contributed by atoms with Gasteiger partial charge in [0.15, 0.2) is 6.10 Å². The number of aliphatic carboxylic acids is 1. The topological polar surface area (TPSA) is 172 Å². The minimum Gasteiger partial charge on any atom is -0.480 e. The number of unbranched alkanes of at least 4 members (excludes halogenated alkanes) is 18. The van der Waals surface area contributed by atoms with E-state index in [0.29, 0.717) is 12.8 Å². The first-order chi connectivity index (χ1) is 27.1. The summed E-state index contributed by atoms with van der Waals surface area (Å²) in [5, 5.41) is 8.87. The summed E-state index contributed by atoms with van der Waals surface area (Å²) in [6, 6.07) is -1.54. The molecule has 322 valence electrons. The summed E-state index contributed by atoms with van der Waals surface area (Å²) in [6.07, 6.45) is 45.0. The fourth-order valence-electron chi connectivity index (χ4n) is 5.46. The molecule has 56 heavy (non-hydrogen) atoms. The molecule has 0 aromatic rings. The SMILES string of the molecule is CCCCCCCC/C=C/C/C=C/C/C=C/CCCC(=O)OC[C@H](COP(=O)(O)OC[C@H](N)C(=O)O)OC(=O)/C=C/C=C/CCCCCCCCCCCCC. The Morgan fingerprint density at radius 3 is 1.61 bits per heavy atom. The summed E-state index contributed by atoms with van der Waals surface area (Å²) in [6.45, 7) is 2.62. The third kappa shape index (κ3) is 38.1. The molecule has 0 radical (unpaired) electrons.